The van der Waals surface area contributed by atoms with Crippen LogP contribution in [0.2, 0.25) is 5.02 Å². The summed E-state index contributed by atoms with van der Waals surface area (Å²) in [5.41, 5.74) is 2.75. The van der Waals surface area contributed by atoms with Gasteiger partial charge in [-0.3, -0.25) is 4.79 Å². The molecule has 2 N–H and O–H groups in total. The van der Waals surface area contributed by atoms with E-state index in [0.717, 1.165) is 16.8 Å². The molecule has 1 aromatic carbocycles. The second-order valence-electron chi connectivity index (χ2n) is 3.35. The molecule has 1 aromatic rings. The highest BCUT2D eigenvalue weighted by molar-refractivity contribution is 6.32. The van der Waals surface area contributed by atoms with Crippen molar-refractivity contribution in [1.82, 2.24) is 5.32 Å². The lowest BCUT2D eigenvalue weighted by Gasteiger charge is -2.07. The quantitative estimate of drug-likeness (QED) is 0.743. The molecule has 1 aliphatic heterocycles. The third kappa shape index (κ3) is 1.21. The molecule has 0 fully saturated rings. The SMILES string of the molecule is CNC1C(=O)Nc2c1ccc(Cl)c2C. The molecule has 4 heteroatoms. The zero-order valence-corrected chi connectivity index (χ0v) is 8.77. The molecule has 1 atom stereocenters. The van der Waals surface area contributed by atoms with E-state index >= 15 is 0 Å². The molecule has 2 rings (SSSR count). The molecule has 0 saturated carbocycles. The van der Waals surface area contributed by atoms with Crippen molar-refractivity contribution in [3.05, 3.63) is 28.3 Å². The number of nitrogens with one attached hydrogen (secondary N) is 2. The highest BCUT2D eigenvalue weighted by Crippen LogP contribution is 2.36. The predicted molar refractivity (Wildman–Crippen MR) is 56.6 cm³/mol. The monoisotopic (exact) mass is 210 g/mol. The fraction of sp³-hybridized carbons (Fsp3) is 0.300. The van der Waals surface area contributed by atoms with Gasteiger partial charge in [-0.25, -0.2) is 0 Å². The summed E-state index contributed by atoms with van der Waals surface area (Å²) in [4.78, 5) is 11.5. The van der Waals surface area contributed by atoms with Gasteiger partial charge in [0.25, 0.3) is 0 Å². The number of carbonyl (C=O) groups is 1. The molecular formula is C10H11ClN2O. The molecule has 1 amide bonds. The fourth-order valence-corrected chi connectivity index (χ4v) is 1.89. The van der Waals surface area contributed by atoms with Crippen LogP contribution in [-0.4, -0.2) is 13.0 Å². The Morgan fingerprint density at radius 1 is 1.50 bits per heavy atom. The van der Waals surface area contributed by atoms with Crippen molar-refractivity contribution in [2.24, 2.45) is 0 Å². The predicted octanol–water partition coefficient (Wildman–Crippen LogP) is 1.86. The van der Waals surface area contributed by atoms with E-state index in [4.69, 9.17) is 11.6 Å². The summed E-state index contributed by atoms with van der Waals surface area (Å²) in [5, 5.41) is 6.46. The van der Waals surface area contributed by atoms with E-state index in [1.165, 1.54) is 0 Å². The smallest absolute Gasteiger partial charge is 0.246 e. The van der Waals surface area contributed by atoms with Crippen molar-refractivity contribution >= 4 is 23.2 Å². The number of carbonyl (C=O) groups excluding carboxylic acids is 1. The minimum absolute atomic E-state index is 0.0205. The molecule has 0 aliphatic carbocycles. The van der Waals surface area contributed by atoms with Crippen molar-refractivity contribution in [3.63, 3.8) is 0 Å². The van der Waals surface area contributed by atoms with Crippen LogP contribution < -0.4 is 10.6 Å². The molecule has 1 unspecified atom stereocenters. The summed E-state index contributed by atoms with van der Waals surface area (Å²) in [6.45, 7) is 1.90. The third-order valence-corrected chi connectivity index (χ3v) is 2.95. The first-order valence-corrected chi connectivity index (χ1v) is 4.80. The van der Waals surface area contributed by atoms with E-state index < -0.39 is 0 Å². The number of benzene rings is 1. The molecule has 14 heavy (non-hydrogen) atoms. The largest absolute Gasteiger partial charge is 0.324 e. The van der Waals surface area contributed by atoms with Crippen LogP contribution in [0.15, 0.2) is 12.1 Å². The third-order valence-electron chi connectivity index (χ3n) is 2.54. The van der Waals surface area contributed by atoms with Gasteiger partial charge in [0.15, 0.2) is 0 Å². The normalized spacial score (nSPS) is 19.4. The van der Waals surface area contributed by atoms with Crippen LogP contribution in [0.5, 0.6) is 0 Å². The minimum atomic E-state index is -0.249. The van der Waals surface area contributed by atoms with Crippen LogP contribution in [0.25, 0.3) is 0 Å². The van der Waals surface area contributed by atoms with Gasteiger partial charge in [0.05, 0.1) is 5.69 Å². The number of amides is 1. The summed E-state index contributed by atoms with van der Waals surface area (Å²) in [5.74, 6) is -0.0205. The topological polar surface area (TPSA) is 41.1 Å². The number of halogens is 1. The summed E-state index contributed by atoms with van der Waals surface area (Å²) in [6.07, 6.45) is 0. The maximum absolute atomic E-state index is 11.5. The maximum atomic E-state index is 11.5. The maximum Gasteiger partial charge on any atom is 0.246 e. The van der Waals surface area contributed by atoms with Gasteiger partial charge >= 0.3 is 0 Å². The molecular weight excluding hydrogens is 200 g/mol. The minimum Gasteiger partial charge on any atom is -0.324 e. The second kappa shape index (κ2) is 3.26. The Bertz CT molecular complexity index is 403. The van der Waals surface area contributed by atoms with Crippen molar-refractivity contribution in [2.75, 3.05) is 12.4 Å². The van der Waals surface area contributed by atoms with Crippen LogP contribution in [0.4, 0.5) is 5.69 Å². The molecule has 1 aliphatic rings. The molecule has 0 radical (unpaired) electrons. The number of hydrogen-bond acceptors (Lipinski definition) is 2. The average molecular weight is 211 g/mol. The number of fused-ring (bicyclic) bond motifs is 1. The Balaban J connectivity index is 2.57. The lowest BCUT2D eigenvalue weighted by molar-refractivity contribution is -0.117. The van der Waals surface area contributed by atoms with Crippen molar-refractivity contribution in [1.29, 1.82) is 0 Å². The average Bonchev–Trinajstić information content (AvgIpc) is 2.49. The van der Waals surface area contributed by atoms with E-state index in [-0.39, 0.29) is 11.9 Å². The Kier molecular flexibility index (Phi) is 2.21. The van der Waals surface area contributed by atoms with E-state index in [2.05, 4.69) is 10.6 Å². The molecule has 74 valence electrons. The second-order valence-corrected chi connectivity index (χ2v) is 3.75. The fourth-order valence-electron chi connectivity index (χ4n) is 1.74. The van der Waals surface area contributed by atoms with E-state index in [1.54, 1.807) is 7.05 Å². The number of likely N-dealkylation sites (N-methyl/N-ethyl adjacent to an activating group) is 1. The van der Waals surface area contributed by atoms with Crippen LogP contribution in [-0.2, 0) is 4.79 Å². The molecule has 0 bridgehead atoms. The Labute approximate surface area is 87.4 Å². The lowest BCUT2D eigenvalue weighted by atomic mass is 10.1. The zero-order valence-electron chi connectivity index (χ0n) is 8.02. The Morgan fingerprint density at radius 2 is 2.21 bits per heavy atom. The zero-order chi connectivity index (χ0) is 10.3. The summed E-state index contributed by atoms with van der Waals surface area (Å²) in [6, 6.07) is 3.45. The lowest BCUT2D eigenvalue weighted by Crippen LogP contribution is -2.23. The van der Waals surface area contributed by atoms with Gasteiger partial charge < -0.3 is 10.6 Å². The van der Waals surface area contributed by atoms with Crippen molar-refractivity contribution < 1.29 is 4.79 Å². The van der Waals surface area contributed by atoms with Gasteiger partial charge in [-0.1, -0.05) is 17.7 Å². The number of anilines is 1. The van der Waals surface area contributed by atoms with Gasteiger partial charge in [0, 0.05) is 10.6 Å². The highest BCUT2D eigenvalue weighted by Gasteiger charge is 2.30. The van der Waals surface area contributed by atoms with Gasteiger partial charge in [-0.15, -0.1) is 0 Å². The van der Waals surface area contributed by atoms with Crippen LogP contribution in [0, 0.1) is 6.92 Å². The number of hydrogen-bond donors (Lipinski definition) is 2. The van der Waals surface area contributed by atoms with Crippen LogP contribution >= 0.6 is 11.6 Å². The first-order valence-electron chi connectivity index (χ1n) is 4.42. The van der Waals surface area contributed by atoms with Gasteiger partial charge in [-0.05, 0) is 25.6 Å². The first-order chi connectivity index (χ1) is 6.65. The van der Waals surface area contributed by atoms with Gasteiger partial charge in [0.2, 0.25) is 5.91 Å². The number of rotatable bonds is 1. The van der Waals surface area contributed by atoms with E-state index in [9.17, 15) is 4.79 Å². The molecule has 1 heterocycles. The van der Waals surface area contributed by atoms with E-state index in [0.29, 0.717) is 5.02 Å². The molecule has 0 spiro atoms. The van der Waals surface area contributed by atoms with Crippen molar-refractivity contribution in [2.45, 2.75) is 13.0 Å². The summed E-state index contributed by atoms with van der Waals surface area (Å²) < 4.78 is 0. The summed E-state index contributed by atoms with van der Waals surface area (Å²) in [7, 11) is 1.77. The molecule has 0 saturated heterocycles. The standard InChI is InChI=1S/C10H11ClN2O/c1-5-7(11)4-3-6-8(5)13-10(14)9(6)12-2/h3-4,9,12H,1-2H3,(H,13,14). The Morgan fingerprint density at radius 3 is 2.86 bits per heavy atom. The molecule has 0 aromatic heterocycles. The van der Waals surface area contributed by atoms with Gasteiger partial charge in [-0.2, -0.15) is 0 Å². The Hall–Kier alpha value is -1.06. The van der Waals surface area contributed by atoms with Crippen LogP contribution in [0.3, 0.4) is 0 Å². The van der Waals surface area contributed by atoms with Crippen LogP contribution in [0.1, 0.15) is 17.2 Å². The highest BCUT2D eigenvalue weighted by atomic mass is 35.5. The summed E-state index contributed by atoms with van der Waals surface area (Å²) >= 11 is 5.96. The van der Waals surface area contributed by atoms with Crippen molar-refractivity contribution in [3.8, 4) is 0 Å². The first kappa shape index (κ1) is 9.49. The van der Waals surface area contributed by atoms with E-state index in [1.807, 2.05) is 19.1 Å². The van der Waals surface area contributed by atoms with Gasteiger partial charge in [0.1, 0.15) is 6.04 Å². The molecule has 3 nitrogen and oxygen atoms in total.